The highest BCUT2D eigenvalue weighted by Gasteiger charge is 2.43. The summed E-state index contributed by atoms with van der Waals surface area (Å²) >= 11 is 0. The molecule has 0 spiro atoms. The lowest BCUT2D eigenvalue weighted by atomic mass is 10.1. The van der Waals surface area contributed by atoms with Gasteiger partial charge in [0.2, 0.25) is 0 Å². The van der Waals surface area contributed by atoms with Crippen molar-refractivity contribution in [3.63, 3.8) is 0 Å². The summed E-state index contributed by atoms with van der Waals surface area (Å²) < 4.78 is 39.3. The summed E-state index contributed by atoms with van der Waals surface area (Å²) in [5, 5.41) is 9.58. The van der Waals surface area contributed by atoms with E-state index in [0.29, 0.717) is 30.5 Å². The van der Waals surface area contributed by atoms with Crippen molar-refractivity contribution in [2.75, 3.05) is 28.6 Å². The van der Waals surface area contributed by atoms with Crippen molar-refractivity contribution in [3.8, 4) is 0 Å². The summed E-state index contributed by atoms with van der Waals surface area (Å²) in [6.45, 7) is 2.86. The van der Waals surface area contributed by atoms with Crippen LogP contribution in [0.2, 0.25) is 0 Å². The Bertz CT molecular complexity index is 1480. The lowest BCUT2D eigenvalue weighted by molar-refractivity contribution is -0.200. The number of anilines is 5. The molecule has 13 heteroatoms. The molecule has 1 saturated carbocycles. The predicted molar refractivity (Wildman–Crippen MR) is 135 cm³/mol. The number of benzene rings is 2. The molecule has 200 valence electrons. The van der Waals surface area contributed by atoms with E-state index in [1.807, 2.05) is 48.3 Å². The third-order valence-corrected chi connectivity index (χ3v) is 6.22. The predicted octanol–water partition coefficient (Wildman–Crippen LogP) is 2.92. The number of fused-ring (bicyclic) bond motifs is 2. The summed E-state index contributed by atoms with van der Waals surface area (Å²) in [5.41, 5.74) is 1.32. The molecule has 1 aromatic heterocycles. The van der Waals surface area contributed by atoms with Gasteiger partial charge in [-0.05, 0) is 43.0 Å². The van der Waals surface area contributed by atoms with Crippen molar-refractivity contribution in [2.24, 2.45) is 0 Å². The first kappa shape index (κ1) is 25.4. The standard InChI is InChI=1S/C25H25F3N6O4/c1-14-11-18-19(12-17(14)30-16-7-8-16)33(10-9-29-13-15-5-3-2-4-6-15)22-20(31-18)21(35)32-24(37)34(22)38-23(36)25(26,27)28/h2-6,11-12,16,29-31H,7-10,13H2,1H3,(H,32,35,37). The van der Waals surface area contributed by atoms with Gasteiger partial charge in [-0.2, -0.15) is 13.2 Å². The van der Waals surface area contributed by atoms with E-state index in [1.165, 1.54) is 4.90 Å². The SMILES string of the molecule is Cc1cc2c(cc1NC1CC1)N(CCNCc1ccccc1)c1c(c(=O)[nH]c(=O)n1OC(=O)C(F)(F)F)N2. The van der Waals surface area contributed by atoms with E-state index in [4.69, 9.17) is 0 Å². The number of halogens is 3. The molecule has 1 aliphatic heterocycles. The minimum atomic E-state index is -5.36. The topological polar surface area (TPSA) is 120 Å². The van der Waals surface area contributed by atoms with Gasteiger partial charge in [0.1, 0.15) is 0 Å². The Labute approximate surface area is 214 Å². The molecule has 0 saturated heterocycles. The first-order valence-electron chi connectivity index (χ1n) is 12.0. The van der Waals surface area contributed by atoms with Gasteiger partial charge in [0.15, 0.2) is 11.5 Å². The molecule has 3 aromatic rings. The summed E-state index contributed by atoms with van der Waals surface area (Å²) in [6.07, 6.45) is -3.32. The smallest absolute Gasteiger partial charge is 0.382 e. The maximum Gasteiger partial charge on any atom is 0.493 e. The van der Waals surface area contributed by atoms with Gasteiger partial charge in [-0.3, -0.25) is 9.78 Å². The van der Waals surface area contributed by atoms with E-state index in [9.17, 15) is 27.6 Å². The van der Waals surface area contributed by atoms with Crippen molar-refractivity contribution in [1.82, 2.24) is 15.0 Å². The fraction of sp³-hybridized carbons (Fsp3) is 0.320. The number of carbonyl (C=O) groups excluding carboxylic acids is 1. The van der Waals surface area contributed by atoms with Crippen LogP contribution in [-0.4, -0.2) is 41.0 Å². The third kappa shape index (κ3) is 5.23. The molecule has 0 radical (unpaired) electrons. The minimum absolute atomic E-state index is 0.132. The highest BCUT2D eigenvalue weighted by molar-refractivity contribution is 5.92. The van der Waals surface area contributed by atoms with E-state index in [0.717, 1.165) is 29.7 Å². The second kappa shape index (κ2) is 9.89. The molecule has 5 rings (SSSR count). The molecule has 0 bridgehead atoms. The van der Waals surface area contributed by atoms with Crippen molar-refractivity contribution in [1.29, 1.82) is 0 Å². The Morgan fingerprint density at radius 3 is 2.58 bits per heavy atom. The van der Waals surface area contributed by atoms with Crippen molar-refractivity contribution < 1.29 is 22.8 Å². The molecule has 38 heavy (non-hydrogen) atoms. The van der Waals surface area contributed by atoms with Crippen LogP contribution in [0.3, 0.4) is 0 Å². The van der Waals surface area contributed by atoms with E-state index >= 15 is 0 Å². The Kier molecular flexibility index (Phi) is 6.61. The zero-order chi connectivity index (χ0) is 27.0. The Hall–Kier alpha value is -4.26. The number of aryl methyl sites for hydroxylation is 1. The number of hydrogen-bond donors (Lipinski definition) is 4. The fourth-order valence-corrected chi connectivity index (χ4v) is 4.20. The minimum Gasteiger partial charge on any atom is -0.382 e. The van der Waals surface area contributed by atoms with Gasteiger partial charge < -0.3 is 25.7 Å². The average Bonchev–Trinajstić information content (AvgIpc) is 3.69. The van der Waals surface area contributed by atoms with Crippen molar-refractivity contribution >= 4 is 34.5 Å². The second-order valence-electron chi connectivity index (χ2n) is 9.17. The number of alkyl halides is 3. The van der Waals surface area contributed by atoms with Gasteiger partial charge in [-0.25, -0.2) is 9.59 Å². The first-order chi connectivity index (χ1) is 18.1. The maximum atomic E-state index is 13.0. The van der Waals surface area contributed by atoms with Crippen LogP contribution in [0, 0.1) is 6.92 Å². The van der Waals surface area contributed by atoms with E-state index in [-0.39, 0.29) is 22.8 Å². The number of H-pyrrole nitrogens is 1. The van der Waals surface area contributed by atoms with E-state index < -0.39 is 23.4 Å². The lowest BCUT2D eigenvalue weighted by Crippen LogP contribution is -2.46. The number of nitrogens with one attached hydrogen (secondary N) is 4. The van der Waals surface area contributed by atoms with E-state index in [2.05, 4.69) is 20.8 Å². The van der Waals surface area contributed by atoms with E-state index in [1.54, 1.807) is 6.07 Å². The normalized spacial score (nSPS) is 14.4. The molecule has 0 unspecified atom stereocenters. The van der Waals surface area contributed by atoms with Gasteiger partial charge >= 0.3 is 17.8 Å². The lowest BCUT2D eigenvalue weighted by Gasteiger charge is -2.35. The van der Waals surface area contributed by atoms with Gasteiger partial charge in [0, 0.05) is 31.4 Å². The maximum absolute atomic E-state index is 13.0. The second-order valence-corrected chi connectivity index (χ2v) is 9.17. The van der Waals surface area contributed by atoms with Gasteiger partial charge in [0.05, 0.1) is 11.4 Å². The third-order valence-electron chi connectivity index (χ3n) is 6.22. The van der Waals surface area contributed by atoms with Crippen LogP contribution in [0.4, 0.5) is 41.7 Å². The van der Waals surface area contributed by atoms with Crippen molar-refractivity contribution in [2.45, 2.75) is 38.5 Å². The summed E-state index contributed by atoms with van der Waals surface area (Å²) in [7, 11) is 0. The number of aromatic amines is 1. The molecule has 0 atom stereocenters. The monoisotopic (exact) mass is 530 g/mol. The van der Waals surface area contributed by atoms with Gasteiger partial charge in [0.25, 0.3) is 5.56 Å². The van der Waals surface area contributed by atoms with Crippen molar-refractivity contribution in [3.05, 3.63) is 74.4 Å². The number of rotatable bonds is 8. The zero-order valence-electron chi connectivity index (χ0n) is 20.3. The molecule has 1 fully saturated rings. The van der Waals surface area contributed by atoms with Gasteiger partial charge in [-0.1, -0.05) is 35.1 Å². The number of aromatic nitrogens is 2. The van der Waals surface area contributed by atoms with Crippen LogP contribution >= 0.6 is 0 Å². The summed E-state index contributed by atoms with van der Waals surface area (Å²) in [4.78, 5) is 44.9. The molecular formula is C25H25F3N6O4. The molecule has 4 N–H and O–H groups in total. The number of carbonyl (C=O) groups is 1. The van der Waals surface area contributed by atoms with Crippen LogP contribution in [0.15, 0.2) is 52.1 Å². The molecule has 10 nitrogen and oxygen atoms in total. The Morgan fingerprint density at radius 1 is 1.16 bits per heavy atom. The molecule has 2 aromatic carbocycles. The Balaban J connectivity index is 1.55. The number of nitrogens with zero attached hydrogens (tertiary/aromatic N) is 2. The molecule has 0 amide bonds. The quantitative estimate of drug-likeness (QED) is 0.328. The number of hydrogen-bond acceptors (Lipinski definition) is 8. The molecular weight excluding hydrogens is 505 g/mol. The fourth-order valence-electron chi connectivity index (χ4n) is 4.20. The highest BCUT2D eigenvalue weighted by atomic mass is 19.4. The van der Waals surface area contributed by atoms with Crippen LogP contribution in [0.5, 0.6) is 0 Å². The van der Waals surface area contributed by atoms with Crippen LogP contribution in [-0.2, 0) is 11.3 Å². The highest BCUT2D eigenvalue weighted by Crippen LogP contribution is 2.44. The first-order valence-corrected chi connectivity index (χ1v) is 12.0. The molecule has 2 aliphatic rings. The largest absolute Gasteiger partial charge is 0.493 e. The van der Waals surface area contributed by atoms with Crippen LogP contribution in [0.1, 0.15) is 24.0 Å². The van der Waals surface area contributed by atoms with Crippen LogP contribution < -0.4 is 36.9 Å². The Morgan fingerprint density at radius 2 is 1.89 bits per heavy atom. The van der Waals surface area contributed by atoms with Gasteiger partial charge in [-0.15, -0.1) is 0 Å². The summed E-state index contributed by atoms with van der Waals surface area (Å²) in [5.74, 6) is -2.91. The molecule has 1 aliphatic carbocycles. The van der Waals surface area contributed by atoms with Crippen LogP contribution in [0.25, 0.3) is 0 Å². The zero-order valence-corrected chi connectivity index (χ0v) is 20.3. The summed E-state index contributed by atoms with van der Waals surface area (Å²) in [6, 6.07) is 13.5. The molecule has 2 heterocycles. The average molecular weight is 531 g/mol.